The molecule has 2 unspecified atom stereocenters. The summed E-state index contributed by atoms with van der Waals surface area (Å²) in [4.78, 5) is 25.8. The van der Waals surface area contributed by atoms with E-state index in [0.717, 1.165) is 12.8 Å². The molecule has 0 spiro atoms. The topological polar surface area (TPSA) is 87.1 Å². The molecule has 0 saturated carbocycles. The highest BCUT2D eigenvalue weighted by molar-refractivity contribution is 6.03. The quantitative estimate of drug-likeness (QED) is 0.816. The first-order valence-electron chi connectivity index (χ1n) is 7.51. The fraction of sp³-hybridized carbons (Fsp3) is 0.500. The number of phenolic OH excluding ortho intramolecular Hbond substituents is 2. The molecule has 2 aliphatic rings. The van der Waals surface area contributed by atoms with Gasteiger partial charge in [-0.05, 0) is 30.9 Å². The van der Waals surface area contributed by atoms with Crippen molar-refractivity contribution >= 4 is 11.8 Å². The second-order valence-electron chi connectivity index (χ2n) is 5.90. The van der Waals surface area contributed by atoms with Crippen LogP contribution in [-0.2, 0) is 20.7 Å². The van der Waals surface area contributed by atoms with Crippen LogP contribution in [-0.4, -0.2) is 46.2 Å². The van der Waals surface area contributed by atoms with Gasteiger partial charge >= 0.3 is 0 Å². The average molecular weight is 305 g/mol. The molecule has 2 fully saturated rings. The molecule has 3 rings (SSSR count). The largest absolute Gasteiger partial charge is 0.508 e. The molecule has 0 aliphatic carbocycles. The van der Waals surface area contributed by atoms with Crippen LogP contribution < -0.4 is 0 Å². The summed E-state index contributed by atoms with van der Waals surface area (Å²) in [5.41, 5.74) is 0.558. The van der Waals surface area contributed by atoms with Gasteiger partial charge < -0.3 is 14.9 Å². The van der Waals surface area contributed by atoms with Crippen molar-refractivity contribution in [3.63, 3.8) is 0 Å². The number of hydrogen-bond acceptors (Lipinski definition) is 5. The second kappa shape index (κ2) is 5.96. The average Bonchev–Trinajstić information content (AvgIpc) is 3.06. The molecule has 2 saturated heterocycles. The van der Waals surface area contributed by atoms with Gasteiger partial charge in [0.05, 0.1) is 18.6 Å². The number of nitrogens with zero attached hydrogens (tertiary/aromatic N) is 1. The molecule has 6 heteroatoms. The predicted molar refractivity (Wildman–Crippen MR) is 77.3 cm³/mol. The highest BCUT2D eigenvalue weighted by Gasteiger charge is 2.40. The van der Waals surface area contributed by atoms with Gasteiger partial charge in [-0.15, -0.1) is 0 Å². The first-order valence-corrected chi connectivity index (χ1v) is 7.51. The maximum atomic E-state index is 12.4. The smallest absolute Gasteiger partial charge is 0.233 e. The Morgan fingerprint density at radius 3 is 2.77 bits per heavy atom. The van der Waals surface area contributed by atoms with Gasteiger partial charge in [0.25, 0.3) is 0 Å². The van der Waals surface area contributed by atoms with E-state index in [1.807, 2.05) is 0 Å². The number of phenols is 2. The number of likely N-dealkylation sites (tertiary alicyclic amines) is 1. The number of amides is 2. The van der Waals surface area contributed by atoms with Crippen molar-refractivity contribution in [2.45, 2.75) is 31.8 Å². The minimum absolute atomic E-state index is 0.0323. The molecule has 2 N–H and O–H groups in total. The fourth-order valence-corrected chi connectivity index (χ4v) is 3.09. The maximum Gasteiger partial charge on any atom is 0.233 e. The van der Waals surface area contributed by atoms with Gasteiger partial charge in [-0.3, -0.25) is 14.5 Å². The van der Waals surface area contributed by atoms with Gasteiger partial charge in [0.15, 0.2) is 0 Å². The summed E-state index contributed by atoms with van der Waals surface area (Å²) in [6.45, 7) is 1.02. The van der Waals surface area contributed by atoms with Crippen molar-refractivity contribution in [3.05, 3.63) is 23.8 Å². The molecule has 2 amide bonds. The molecule has 118 valence electrons. The van der Waals surface area contributed by atoms with E-state index in [-0.39, 0.29) is 35.8 Å². The molecule has 2 heterocycles. The fourth-order valence-electron chi connectivity index (χ4n) is 3.09. The number of rotatable bonds is 4. The Labute approximate surface area is 128 Å². The van der Waals surface area contributed by atoms with Gasteiger partial charge in [0, 0.05) is 19.1 Å². The second-order valence-corrected chi connectivity index (χ2v) is 5.90. The summed E-state index contributed by atoms with van der Waals surface area (Å²) >= 11 is 0. The standard InChI is InChI=1S/C16H19NO5/c18-12-4-3-10(14(19)8-12)6-11-7-15(20)17(16(11)21)9-13-2-1-5-22-13/h3-4,8,11,13,18-19H,1-2,5-7,9H2. The van der Waals surface area contributed by atoms with E-state index in [4.69, 9.17) is 4.74 Å². The Morgan fingerprint density at radius 1 is 1.27 bits per heavy atom. The van der Waals surface area contributed by atoms with Crippen LogP contribution in [0, 0.1) is 5.92 Å². The normalized spacial score (nSPS) is 25.2. The van der Waals surface area contributed by atoms with Crippen molar-refractivity contribution in [2.24, 2.45) is 5.92 Å². The summed E-state index contributed by atoms with van der Waals surface area (Å²) in [5.74, 6) is -0.922. The zero-order valence-electron chi connectivity index (χ0n) is 12.2. The summed E-state index contributed by atoms with van der Waals surface area (Å²) in [7, 11) is 0. The van der Waals surface area contributed by atoms with Crippen LogP contribution >= 0.6 is 0 Å². The molecule has 2 atom stereocenters. The lowest BCUT2D eigenvalue weighted by Gasteiger charge is -2.19. The van der Waals surface area contributed by atoms with Gasteiger partial charge in [0.1, 0.15) is 11.5 Å². The monoisotopic (exact) mass is 305 g/mol. The minimum atomic E-state index is -0.454. The van der Waals surface area contributed by atoms with Crippen LogP contribution in [0.1, 0.15) is 24.8 Å². The van der Waals surface area contributed by atoms with E-state index in [1.54, 1.807) is 6.07 Å². The molecule has 0 bridgehead atoms. The molecule has 1 aromatic carbocycles. The van der Waals surface area contributed by atoms with E-state index in [2.05, 4.69) is 0 Å². The summed E-state index contributed by atoms with van der Waals surface area (Å²) in [6.07, 6.45) is 2.24. The highest BCUT2D eigenvalue weighted by Crippen LogP contribution is 2.30. The van der Waals surface area contributed by atoms with Gasteiger partial charge in [-0.25, -0.2) is 0 Å². The van der Waals surface area contributed by atoms with E-state index in [9.17, 15) is 19.8 Å². The number of ether oxygens (including phenoxy) is 1. The minimum Gasteiger partial charge on any atom is -0.508 e. The molecule has 0 aromatic heterocycles. The van der Waals surface area contributed by atoms with Crippen molar-refractivity contribution in [1.82, 2.24) is 4.90 Å². The predicted octanol–water partition coefficient (Wildman–Crippen LogP) is 1.19. The van der Waals surface area contributed by atoms with Gasteiger partial charge in [0.2, 0.25) is 11.8 Å². The zero-order chi connectivity index (χ0) is 15.7. The van der Waals surface area contributed by atoms with Crippen LogP contribution in [0.15, 0.2) is 18.2 Å². The van der Waals surface area contributed by atoms with E-state index >= 15 is 0 Å². The van der Waals surface area contributed by atoms with Crippen molar-refractivity contribution in [2.75, 3.05) is 13.2 Å². The summed E-state index contributed by atoms with van der Waals surface area (Å²) < 4.78 is 5.48. The molecule has 22 heavy (non-hydrogen) atoms. The molecule has 1 aromatic rings. The SMILES string of the molecule is O=C1CC(Cc2ccc(O)cc2O)C(=O)N1CC1CCCO1. The third kappa shape index (κ3) is 2.92. The van der Waals surface area contributed by atoms with Crippen LogP contribution in [0.5, 0.6) is 11.5 Å². The Hall–Kier alpha value is -2.08. The van der Waals surface area contributed by atoms with E-state index in [1.165, 1.54) is 17.0 Å². The number of aromatic hydroxyl groups is 2. The highest BCUT2D eigenvalue weighted by atomic mass is 16.5. The molecule has 6 nitrogen and oxygen atoms in total. The van der Waals surface area contributed by atoms with E-state index < -0.39 is 5.92 Å². The number of imide groups is 1. The van der Waals surface area contributed by atoms with E-state index in [0.29, 0.717) is 25.1 Å². The van der Waals surface area contributed by atoms with Crippen molar-refractivity contribution in [1.29, 1.82) is 0 Å². The summed E-state index contributed by atoms with van der Waals surface area (Å²) in [5, 5.41) is 19.1. The first-order chi connectivity index (χ1) is 10.5. The Bertz CT molecular complexity index is 594. The Balaban J connectivity index is 1.67. The Kier molecular flexibility index (Phi) is 4.02. The van der Waals surface area contributed by atoms with Gasteiger partial charge in [-0.2, -0.15) is 0 Å². The summed E-state index contributed by atoms with van der Waals surface area (Å²) in [6, 6.07) is 4.27. The molecular weight excluding hydrogens is 286 g/mol. The van der Waals surface area contributed by atoms with Crippen LogP contribution in [0.3, 0.4) is 0 Å². The third-order valence-corrected chi connectivity index (χ3v) is 4.28. The van der Waals surface area contributed by atoms with Crippen molar-refractivity contribution in [3.8, 4) is 11.5 Å². The number of carbonyl (C=O) groups excluding carboxylic acids is 2. The molecule has 2 aliphatic heterocycles. The molecular formula is C16H19NO5. The molecule has 0 radical (unpaired) electrons. The lowest BCUT2D eigenvalue weighted by atomic mass is 9.97. The lowest BCUT2D eigenvalue weighted by molar-refractivity contribution is -0.141. The zero-order valence-corrected chi connectivity index (χ0v) is 12.2. The number of hydrogen-bond donors (Lipinski definition) is 2. The number of benzene rings is 1. The van der Waals surface area contributed by atoms with Crippen molar-refractivity contribution < 1.29 is 24.5 Å². The third-order valence-electron chi connectivity index (χ3n) is 4.28. The van der Waals surface area contributed by atoms with Crippen LogP contribution in [0.2, 0.25) is 0 Å². The Morgan fingerprint density at radius 2 is 2.09 bits per heavy atom. The first kappa shape index (κ1) is 14.8. The maximum absolute atomic E-state index is 12.4. The van der Waals surface area contributed by atoms with Gasteiger partial charge in [-0.1, -0.05) is 6.07 Å². The van der Waals surface area contributed by atoms with Crippen LogP contribution in [0.25, 0.3) is 0 Å². The van der Waals surface area contributed by atoms with Crippen LogP contribution in [0.4, 0.5) is 0 Å². The number of carbonyl (C=O) groups is 2. The lowest BCUT2D eigenvalue weighted by Crippen LogP contribution is -2.37.